The summed E-state index contributed by atoms with van der Waals surface area (Å²) in [4.78, 5) is 29.7. The number of aromatic nitrogens is 3. The normalized spacial score (nSPS) is 10.6. The summed E-state index contributed by atoms with van der Waals surface area (Å²) in [5.41, 5.74) is 1.62. The summed E-state index contributed by atoms with van der Waals surface area (Å²) in [6, 6.07) is 5.76. The Labute approximate surface area is 156 Å². The van der Waals surface area contributed by atoms with Gasteiger partial charge in [0, 0.05) is 45.1 Å². The Hall–Kier alpha value is -2.50. The summed E-state index contributed by atoms with van der Waals surface area (Å²) in [7, 11) is 1.82. The number of hydrogen-bond donors (Lipinski definition) is 0. The lowest BCUT2D eigenvalue weighted by Crippen LogP contribution is -2.31. The molecule has 0 aliphatic carbocycles. The van der Waals surface area contributed by atoms with Gasteiger partial charge in [0.2, 0.25) is 0 Å². The maximum Gasteiger partial charge on any atom is 0.272 e. The van der Waals surface area contributed by atoms with Crippen LogP contribution in [-0.4, -0.2) is 52.4 Å². The molecule has 0 unspecified atom stereocenters. The monoisotopic (exact) mass is 355 g/mol. The smallest absolute Gasteiger partial charge is 0.272 e. The van der Waals surface area contributed by atoms with Crippen LogP contribution in [0.5, 0.6) is 0 Å². The molecule has 0 saturated carbocycles. The highest BCUT2D eigenvalue weighted by Crippen LogP contribution is 2.15. The third kappa shape index (κ3) is 5.51. The first-order chi connectivity index (χ1) is 12.5. The van der Waals surface area contributed by atoms with Crippen LogP contribution in [0.4, 0.5) is 5.82 Å². The summed E-state index contributed by atoms with van der Waals surface area (Å²) in [5.74, 6) is 1.40. The zero-order valence-corrected chi connectivity index (χ0v) is 16.3. The number of carbonyl (C=O) groups excluding carboxylic acids is 1. The predicted octanol–water partition coefficient (Wildman–Crippen LogP) is 3.12. The van der Waals surface area contributed by atoms with E-state index in [1.54, 1.807) is 17.3 Å². The molecule has 0 spiro atoms. The lowest BCUT2D eigenvalue weighted by molar-refractivity contribution is 0.0790. The van der Waals surface area contributed by atoms with Crippen LogP contribution in [0.2, 0.25) is 0 Å². The van der Waals surface area contributed by atoms with E-state index in [0.717, 1.165) is 43.7 Å². The molecule has 2 aromatic heterocycles. The minimum absolute atomic E-state index is 0.0706. The number of aryl methyl sites for hydroxylation is 1. The van der Waals surface area contributed by atoms with E-state index in [4.69, 9.17) is 0 Å². The van der Waals surface area contributed by atoms with Crippen LogP contribution in [0.15, 0.2) is 30.6 Å². The Morgan fingerprint density at radius 1 is 1.04 bits per heavy atom. The van der Waals surface area contributed by atoms with Crippen LogP contribution in [0.25, 0.3) is 0 Å². The summed E-state index contributed by atoms with van der Waals surface area (Å²) >= 11 is 0. The fraction of sp³-hybridized carbons (Fsp3) is 0.500. The van der Waals surface area contributed by atoms with E-state index in [2.05, 4.69) is 33.7 Å². The average molecular weight is 355 g/mol. The molecule has 2 aromatic rings. The van der Waals surface area contributed by atoms with Gasteiger partial charge < -0.3 is 9.80 Å². The van der Waals surface area contributed by atoms with Crippen molar-refractivity contribution in [3.8, 4) is 0 Å². The maximum absolute atomic E-state index is 12.8. The standard InChI is InChI=1S/C20H29N5O/c1-5-12-25(13-6-2)19-15-18(22-16(3)23-19)20(26)24(4)14-9-17-7-10-21-11-8-17/h7-8,10-11,15H,5-6,9,12-14H2,1-4H3. The molecule has 0 fully saturated rings. The van der Waals surface area contributed by atoms with Crippen molar-refractivity contribution < 1.29 is 4.79 Å². The SMILES string of the molecule is CCCN(CCC)c1cc(C(=O)N(C)CCc2ccncc2)nc(C)n1. The topological polar surface area (TPSA) is 62.2 Å². The van der Waals surface area contributed by atoms with Gasteiger partial charge in [-0.25, -0.2) is 9.97 Å². The third-order valence-electron chi connectivity index (χ3n) is 4.19. The first-order valence-electron chi connectivity index (χ1n) is 9.30. The van der Waals surface area contributed by atoms with Crippen LogP contribution < -0.4 is 4.90 Å². The Balaban J connectivity index is 2.11. The molecule has 0 atom stereocenters. The summed E-state index contributed by atoms with van der Waals surface area (Å²) in [6.07, 6.45) is 6.41. The molecule has 1 amide bonds. The number of likely N-dealkylation sites (N-methyl/N-ethyl adjacent to an activating group) is 1. The molecule has 0 N–H and O–H groups in total. The number of rotatable bonds is 9. The van der Waals surface area contributed by atoms with Gasteiger partial charge in [-0.3, -0.25) is 9.78 Å². The zero-order chi connectivity index (χ0) is 18.9. The van der Waals surface area contributed by atoms with Crippen molar-refractivity contribution in [2.45, 2.75) is 40.0 Å². The van der Waals surface area contributed by atoms with Gasteiger partial charge in [0.15, 0.2) is 0 Å². The zero-order valence-electron chi connectivity index (χ0n) is 16.3. The fourth-order valence-electron chi connectivity index (χ4n) is 2.85. The highest BCUT2D eigenvalue weighted by Gasteiger charge is 2.17. The summed E-state index contributed by atoms with van der Waals surface area (Å²) < 4.78 is 0. The van der Waals surface area contributed by atoms with Crippen molar-refractivity contribution >= 4 is 11.7 Å². The lowest BCUT2D eigenvalue weighted by Gasteiger charge is -2.24. The molecule has 26 heavy (non-hydrogen) atoms. The lowest BCUT2D eigenvalue weighted by atomic mass is 10.2. The number of amides is 1. The molecule has 0 saturated heterocycles. The van der Waals surface area contributed by atoms with Crippen molar-refractivity contribution in [1.29, 1.82) is 0 Å². The van der Waals surface area contributed by atoms with E-state index in [0.29, 0.717) is 18.1 Å². The first-order valence-corrected chi connectivity index (χ1v) is 9.30. The van der Waals surface area contributed by atoms with Gasteiger partial charge in [0.1, 0.15) is 17.3 Å². The predicted molar refractivity (Wildman–Crippen MR) is 104 cm³/mol. The Kier molecular flexibility index (Phi) is 7.51. The van der Waals surface area contributed by atoms with Crippen LogP contribution >= 0.6 is 0 Å². The molecule has 0 aliphatic rings. The quantitative estimate of drug-likeness (QED) is 0.691. The molecule has 6 heteroatoms. The largest absolute Gasteiger partial charge is 0.357 e. The molecule has 0 radical (unpaired) electrons. The maximum atomic E-state index is 12.8. The molecule has 0 aliphatic heterocycles. The van der Waals surface area contributed by atoms with Crippen molar-refractivity contribution in [2.75, 3.05) is 31.6 Å². The van der Waals surface area contributed by atoms with E-state index in [9.17, 15) is 4.79 Å². The average Bonchev–Trinajstić information content (AvgIpc) is 2.65. The summed E-state index contributed by atoms with van der Waals surface area (Å²) in [5, 5.41) is 0. The van der Waals surface area contributed by atoms with E-state index >= 15 is 0 Å². The van der Waals surface area contributed by atoms with Crippen molar-refractivity contribution in [1.82, 2.24) is 19.9 Å². The van der Waals surface area contributed by atoms with Crippen LogP contribution in [0.1, 0.15) is 48.6 Å². The molecule has 6 nitrogen and oxygen atoms in total. The Morgan fingerprint density at radius 2 is 1.69 bits per heavy atom. The van der Waals surface area contributed by atoms with E-state index in [-0.39, 0.29) is 5.91 Å². The molecule has 0 bridgehead atoms. The number of nitrogens with zero attached hydrogens (tertiary/aromatic N) is 5. The van der Waals surface area contributed by atoms with E-state index in [1.165, 1.54) is 0 Å². The van der Waals surface area contributed by atoms with Gasteiger partial charge in [-0.15, -0.1) is 0 Å². The first kappa shape index (κ1) is 19.8. The fourth-order valence-corrected chi connectivity index (χ4v) is 2.85. The molecule has 2 heterocycles. The van der Waals surface area contributed by atoms with Crippen molar-refractivity contribution in [2.24, 2.45) is 0 Å². The Bertz CT molecular complexity index is 699. The van der Waals surface area contributed by atoms with Gasteiger partial charge >= 0.3 is 0 Å². The molecular formula is C20H29N5O. The van der Waals surface area contributed by atoms with Crippen LogP contribution in [0.3, 0.4) is 0 Å². The van der Waals surface area contributed by atoms with E-state index in [1.807, 2.05) is 32.2 Å². The Morgan fingerprint density at radius 3 is 2.31 bits per heavy atom. The van der Waals surface area contributed by atoms with Gasteiger partial charge in [0.05, 0.1) is 0 Å². The third-order valence-corrected chi connectivity index (χ3v) is 4.19. The highest BCUT2D eigenvalue weighted by atomic mass is 16.2. The second-order valence-electron chi connectivity index (χ2n) is 6.48. The molecule has 2 rings (SSSR count). The van der Waals surface area contributed by atoms with Gasteiger partial charge in [-0.05, 0) is 43.9 Å². The second-order valence-corrected chi connectivity index (χ2v) is 6.48. The summed E-state index contributed by atoms with van der Waals surface area (Å²) in [6.45, 7) is 8.62. The number of pyridine rings is 1. The molecular weight excluding hydrogens is 326 g/mol. The van der Waals surface area contributed by atoms with Crippen LogP contribution in [0, 0.1) is 6.92 Å². The highest BCUT2D eigenvalue weighted by molar-refractivity contribution is 5.92. The van der Waals surface area contributed by atoms with Crippen LogP contribution in [-0.2, 0) is 6.42 Å². The number of hydrogen-bond acceptors (Lipinski definition) is 5. The minimum Gasteiger partial charge on any atom is -0.357 e. The van der Waals surface area contributed by atoms with Crippen molar-refractivity contribution in [3.05, 3.63) is 47.7 Å². The number of carbonyl (C=O) groups is 1. The number of anilines is 1. The van der Waals surface area contributed by atoms with Gasteiger partial charge in [-0.1, -0.05) is 13.8 Å². The van der Waals surface area contributed by atoms with E-state index < -0.39 is 0 Å². The molecule has 140 valence electrons. The minimum atomic E-state index is -0.0706. The molecule has 0 aromatic carbocycles. The second kappa shape index (κ2) is 9.85. The van der Waals surface area contributed by atoms with Gasteiger partial charge in [0.25, 0.3) is 5.91 Å². The van der Waals surface area contributed by atoms with Gasteiger partial charge in [-0.2, -0.15) is 0 Å². The van der Waals surface area contributed by atoms with Crippen molar-refractivity contribution in [3.63, 3.8) is 0 Å².